The van der Waals surface area contributed by atoms with E-state index in [1.165, 1.54) is 0 Å². The number of anilines is 1. The van der Waals surface area contributed by atoms with E-state index in [4.69, 9.17) is 4.42 Å². The molecule has 3 heteroatoms. The molecule has 1 N–H and O–H groups in total. The summed E-state index contributed by atoms with van der Waals surface area (Å²) in [5.74, 6) is 0. The zero-order valence-electron chi connectivity index (χ0n) is 6.28. The van der Waals surface area contributed by atoms with E-state index >= 15 is 0 Å². The molecule has 0 aliphatic rings. The molecule has 60 valence electrons. The molecule has 0 bridgehead atoms. The molecule has 0 saturated heterocycles. The van der Waals surface area contributed by atoms with Crippen LogP contribution in [0.2, 0.25) is 0 Å². The van der Waals surface area contributed by atoms with Crippen LogP contribution < -0.4 is 5.32 Å². The fraction of sp³-hybridized carbons (Fsp3) is 0. The second-order valence-electron chi connectivity index (χ2n) is 2.44. The van der Waals surface area contributed by atoms with Gasteiger partial charge in [-0.3, -0.25) is 4.79 Å². The molecular formula is C9H7NO2. The molecule has 1 amide bonds. The van der Waals surface area contributed by atoms with Crippen molar-refractivity contribution >= 4 is 23.1 Å². The van der Waals surface area contributed by atoms with Gasteiger partial charge < -0.3 is 9.73 Å². The lowest BCUT2D eigenvalue weighted by Gasteiger charge is -1.96. The molecule has 2 rings (SSSR count). The Kier molecular flexibility index (Phi) is 1.55. The highest BCUT2D eigenvalue weighted by Crippen LogP contribution is 2.19. The van der Waals surface area contributed by atoms with E-state index in [2.05, 4.69) is 5.32 Å². The Balaban J connectivity index is 2.52. The smallest absolute Gasteiger partial charge is 0.211 e. The third-order valence-electron chi connectivity index (χ3n) is 1.68. The van der Waals surface area contributed by atoms with Crippen LogP contribution in [-0.4, -0.2) is 6.41 Å². The summed E-state index contributed by atoms with van der Waals surface area (Å²) in [4.78, 5) is 10.1. The van der Waals surface area contributed by atoms with E-state index in [-0.39, 0.29) is 0 Å². The number of carbonyl (C=O) groups is 1. The van der Waals surface area contributed by atoms with Gasteiger partial charge in [-0.2, -0.15) is 0 Å². The maximum Gasteiger partial charge on any atom is 0.211 e. The maximum absolute atomic E-state index is 10.1. The Bertz CT molecular complexity index is 406. The lowest BCUT2D eigenvalue weighted by atomic mass is 10.2. The standard InChI is InChI=1S/C9H7NO2/c11-6-10-8-1-2-9-7(5-8)3-4-12-9/h1-6H,(H,10,11). The van der Waals surface area contributed by atoms with Crippen molar-refractivity contribution in [3.05, 3.63) is 30.5 Å². The number of rotatable bonds is 2. The minimum absolute atomic E-state index is 0.654. The highest BCUT2D eigenvalue weighted by molar-refractivity contribution is 5.84. The van der Waals surface area contributed by atoms with Crippen molar-refractivity contribution in [2.75, 3.05) is 5.32 Å². The average Bonchev–Trinajstić information content (AvgIpc) is 2.51. The van der Waals surface area contributed by atoms with Crippen LogP contribution in [0.3, 0.4) is 0 Å². The SMILES string of the molecule is O=CNc1ccc2occc2c1. The van der Waals surface area contributed by atoms with Crippen molar-refractivity contribution in [2.24, 2.45) is 0 Å². The van der Waals surface area contributed by atoms with Gasteiger partial charge in [-0.15, -0.1) is 0 Å². The van der Waals surface area contributed by atoms with Crippen LogP contribution in [0.25, 0.3) is 11.0 Å². The average molecular weight is 161 g/mol. The van der Waals surface area contributed by atoms with Crippen LogP contribution in [0, 0.1) is 0 Å². The number of nitrogens with one attached hydrogen (secondary N) is 1. The number of benzene rings is 1. The number of amides is 1. The lowest BCUT2D eigenvalue weighted by molar-refractivity contribution is -0.105. The quantitative estimate of drug-likeness (QED) is 0.684. The summed E-state index contributed by atoms with van der Waals surface area (Å²) in [7, 11) is 0. The normalized spacial score (nSPS) is 10.0. The summed E-state index contributed by atoms with van der Waals surface area (Å²) >= 11 is 0. The molecular weight excluding hydrogens is 154 g/mol. The van der Waals surface area contributed by atoms with Crippen LogP contribution >= 0.6 is 0 Å². The number of hydrogen-bond acceptors (Lipinski definition) is 2. The van der Waals surface area contributed by atoms with Crippen molar-refractivity contribution < 1.29 is 9.21 Å². The van der Waals surface area contributed by atoms with Gasteiger partial charge in [0.05, 0.1) is 6.26 Å². The zero-order valence-corrected chi connectivity index (χ0v) is 6.28. The first-order valence-electron chi connectivity index (χ1n) is 3.57. The molecule has 2 aromatic rings. The van der Waals surface area contributed by atoms with Gasteiger partial charge in [-0.1, -0.05) is 0 Å². The van der Waals surface area contributed by atoms with E-state index in [0.717, 1.165) is 16.7 Å². The summed E-state index contributed by atoms with van der Waals surface area (Å²) in [6, 6.07) is 7.32. The van der Waals surface area contributed by atoms with E-state index in [1.54, 1.807) is 12.3 Å². The van der Waals surface area contributed by atoms with Gasteiger partial charge in [0.15, 0.2) is 0 Å². The molecule has 0 unspecified atom stereocenters. The first kappa shape index (κ1) is 6.91. The van der Waals surface area contributed by atoms with E-state index in [1.807, 2.05) is 18.2 Å². The molecule has 0 radical (unpaired) electrons. The molecule has 1 aromatic carbocycles. The summed E-state index contributed by atoms with van der Waals surface area (Å²) in [6.45, 7) is 0. The van der Waals surface area contributed by atoms with Crippen molar-refractivity contribution in [3.8, 4) is 0 Å². The van der Waals surface area contributed by atoms with E-state index in [0.29, 0.717) is 6.41 Å². The number of furan rings is 1. The van der Waals surface area contributed by atoms with Crippen molar-refractivity contribution in [3.63, 3.8) is 0 Å². The third-order valence-corrected chi connectivity index (χ3v) is 1.68. The molecule has 0 aliphatic carbocycles. The van der Waals surface area contributed by atoms with Crippen molar-refractivity contribution in [1.29, 1.82) is 0 Å². The molecule has 0 saturated carbocycles. The minimum Gasteiger partial charge on any atom is -0.464 e. The van der Waals surface area contributed by atoms with Crippen molar-refractivity contribution in [2.45, 2.75) is 0 Å². The van der Waals surface area contributed by atoms with Crippen LogP contribution in [0.4, 0.5) is 5.69 Å². The topological polar surface area (TPSA) is 42.2 Å². The van der Waals surface area contributed by atoms with Gasteiger partial charge in [0.2, 0.25) is 6.41 Å². The molecule has 0 spiro atoms. The highest BCUT2D eigenvalue weighted by Gasteiger charge is 1.96. The molecule has 1 aromatic heterocycles. The van der Waals surface area contributed by atoms with Gasteiger partial charge in [0.1, 0.15) is 5.58 Å². The minimum atomic E-state index is 0.654. The highest BCUT2D eigenvalue weighted by atomic mass is 16.3. The Hall–Kier alpha value is -1.77. The maximum atomic E-state index is 10.1. The van der Waals surface area contributed by atoms with E-state index in [9.17, 15) is 4.79 Å². The Labute approximate surface area is 69.0 Å². The molecule has 0 fully saturated rings. The Morgan fingerprint density at radius 3 is 3.08 bits per heavy atom. The predicted molar refractivity (Wildman–Crippen MR) is 45.9 cm³/mol. The van der Waals surface area contributed by atoms with Crippen LogP contribution in [0.15, 0.2) is 34.9 Å². The lowest BCUT2D eigenvalue weighted by Crippen LogP contribution is -1.92. The molecule has 3 nitrogen and oxygen atoms in total. The van der Waals surface area contributed by atoms with Gasteiger partial charge in [0.25, 0.3) is 0 Å². The van der Waals surface area contributed by atoms with Gasteiger partial charge in [-0.25, -0.2) is 0 Å². The second-order valence-corrected chi connectivity index (χ2v) is 2.44. The van der Waals surface area contributed by atoms with Crippen LogP contribution in [-0.2, 0) is 4.79 Å². The number of hydrogen-bond donors (Lipinski definition) is 1. The summed E-state index contributed by atoms with van der Waals surface area (Å²) in [6.07, 6.45) is 2.27. The molecule has 0 atom stereocenters. The summed E-state index contributed by atoms with van der Waals surface area (Å²) < 4.78 is 5.13. The predicted octanol–water partition coefficient (Wildman–Crippen LogP) is 2.00. The number of carbonyl (C=O) groups excluding carboxylic acids is 1. The van der Waals surface area contributed by atoms with Gasteiger partial charge in [-0.05, 0) is 24.3 Å². The van der Waals surface area contributed by atoms with Gasteiger partial charge >= 0.3 is 0 Å². The fourth-order valence-electron chi connectivity index (χ4n) is 1.12. The van der Waals surface area contributed by atoms with Gasteiger partial charge in [0, 0.05) is 11.1 Å². The first-order chi connectivity index (χ1) is 5.90. The van der Waals surface area contributed by atoms with Crippen LogP contribution in [0.5, 0.6) is 0 Å². The largest absolute Gasteiger partial charge is 0.464 e. The zero-order chi connectivity index (χ0) is 8.39. The first-order valence-corrected chi connectivity index (χ1v) is 3.57. The second kappa shape index (κ2) is 2.70. The molecule has 0 aliphatic heterocycles. The summed E-state index contributed by atoms with van der Waals surface area (Å²) in [5.41, 5.74) is 1.60. The molecule has 1 heterocycles. The van der Waals surface area contributed by atoms with E-state index < -0.39 is 0 Å². The van der Waals surface area contributed by atoms with Crippen LogP contribution in [0.1, 0.15) is 0 Å². The Morgan fingerprint density at radius 1 is 1.33 bits per heavy atom. The monoisotopic (exact) mass is 161 g/mol. The summed E-state index contributed by atoms with van der Waals surface area (Å²) in [5, 5.41) is 3.56. The molecule has 12 heavy (non-hydrogen) atoms. The number of fused-ring (bicyclic) bond motifs is 1. The Morgan fingerprint density at radius 2 is 2.25 bits per heavy atom. The van der Waals surface area contributed by atoms with Crippen molar-refractivity contribution in [1.82, 2.24) is 0 Å². The fourth-order valence-corrected chi connectivity index (χ4v) is 1.12. The third kappa shape index (κ3) is 1.05.